The maximum absolute atomic E-state index is 11.9. The molecule has 1 heterocycles. The van der Waals surface area contributed by atoms with Gasteiger partial charge in [-0.3, -0.25) is 4.79 Å². The van der Waals surface area contributed by atoms with E-state index in [1.165, 1.54) is 12.1 Å². The van der Waals surface area contributed by atoms with Crippen LogP contribution in [0.3, 0.4) is 0 Å². The van der Waals surface area contributed by atoms with Gasteiger partial charge >= 0.3 is 5.97 Å². The van der Waals surface area contributed by atoms with Gasteiger partial charge in [-0.05, 0) is 18.2 Å². The maximum atomic E-state index is 11.9. The highest BCUT2D eigenvalue weighted by Crippen LogP contribution is 2.16. The van der Waals surface area contributed by atoms with E-state index in [4.69, 9.17) is 9.84 Å². The fourth-order valence-electron chi connectivity index (χ4n) is 1.72. The second kappa shape index (κ2) is 4.55. The van der Waals surface area contributed by atoms with Crippen LogP contribution in [0.15, 0.2) is 24.3 Å². The standard InChI is InChI=1S/C12H13NO4/c1-17-10-6-13(7-10)11(14)8-3-2-4-9(5-8)12(15)16/h2-5,10H,6-7H2,1H3,(H,15,16). The van der Waals surface area contributed by atoms with Crippen molar-refractivity contribution in [1.82, 2.24) is 4.90 Å². The fraction of sp³-hybridized carbons (Fsp3) is 0.333. The Kier molecular flexibility index (Phi) is 3.10. The number of ether oxygens (including phenoxy) is 1. The molecule has 1 aromatic rings. The predicted molar refractivity (Wildman–Crippen MR) is 60.1 cm³/mol. The second-order valence-corrected chi connectivity index (χ2v) is 3.95. The number of carboxylic acid groups (broad SMARTS) is 1. The van der Waals surface area contributed by atoms with E-state index in [0.717, 1.165) is 0 Å². The van der Waals surface area contributed by atoms with Crippen LogP contribution in [0, 0.1) is 0 Å². The van der Waals surface area contributed by atoms with E-state index >= 15 is 0 Å². The van der Waals surface area contributed by atoms with Gasteiger partial charge in [0.2, 0.25) is 0 Å². The van der Waals surface area contributed by atoms with Gasteiger partial charge in [0.1, 0.15) is 0 Å². The maximum Gasteiger partial charge on any atom is 0.335 e. The number of carboxylic acids is 1. The van der Waals surface area contributed by atoms with Crippen LogP contribution >= 0.6 is 0 Å². The van der Waals surface area contributed by atoms with Crippen molar-refractivity contribution in [3.63, 3.8) is 0 Å². The number of nitrogens with zero attached hydrogens (tertiary/aromatic N) is 1. The number of aromatic carboxylic acids is 1. The second-order valence-electron chi connectivity index (χ2n) is 3.95. The van der Waals surface area contributed by atoms with Gasteiger partial charge in [-0.25, -0.2) is 4.79 Å². The minimum Gasteiger partial charge on any atom is -0.478 e. The Morgan fingerprint density at radius 1 is 1.35 bits per heavy atom. The predicted octanol–water partition coefficient (Wildman–Crippen LogP) is 0.856. The van der Waals surface area contributed by atoms with Gasteiger partial charge in [0.05, 0.1) is 11.7 Å². The third kappa shape index (κ3) is 2.29. The number of hydrogen-bond acceptors (Lipinski definition) is 3. The van der Waals surface area contributed by atoms with Crippen LogP contribution in [-0.2, 0) is 4.74 Å². The Morgan fingerprint density at radius 3 is 2.59 bits per heavy atom. The molecule has 5 heteroatoms. The van der Waals surface area contributed by atoms with Crippen molar-refractivity contribution in [2.45, 2.75) is 6.10 Å². The number of likely N-dealkylation sites (tertiary alicyclic amines) is 1. The molecule has 0 spiro atoms. The van der Waals surface area contributed by atoms with Gasteiger partial charge in [0.15, 0.2) is 0 Å². The van der Waals surface area contributed by atoms with E-state index in [9.17, 15) is 9.59 Å². The summed E-state index contributed by atoms with van der Waals surface area (Å²) in [5, 5.41) is 8.84. The highest BCUT2D eigenvalue weighted by atomic mass is 16.5. The van der Waals surface area contributed by atoms with Crippen molar-refractivity contribution in [1.29, 1.82) is 0 Å². The Labute approximate surface area is 98.6 Å². The summed E-state index contributed by atoms with van der Waals surface area (Å²) in [5.41, 5.74) is 0.527. The SMILES string of the molecule is COC1CN(C(=O)c2cccc(C(=O)O)c2)C1. The molecule has 1 fully saturated rings. The lowest BCUT2D eigenvalue weighted by atomic mass is 10.1. The van der Waals surface area contributed by atoms with Crippen LogP contribution in [0.5, 0.6) is 0 Å². The molecule has 90 valence electrons. The minimum absolute atomic E-state index is 0.0987. The average molecular weight is 235 g/mol. The van der Waals surface area contributed by atoms with Crippen molar-refractivity contribution >= 4 is 11.9 Å². The molecule has 17 heavy (non-hydrogen) atoms. The first-order valence-corrected chi connectivity index (χ1v) is 5.27. The lowest BCUT2D eigenvalue weighted by Gasteiger charge is -2.38. The smallest absolute Gasteiger partial charge is 0.335 e. The molecule has 0 radical (unpaired) electrons. The Balaban J connectivity index is 2.10. The monoisotopic (exact) mass is 235 g/mol. The molecule has 1 aromatic carbocycles. The number of amides is 1. The van der Waals surface area contributed by atoms with E-state index < -0.39 is 5.97 Å². The molecular formula is C12H13NO4. The summed E-state index contributed by atoms with van der Waals surface area (Å²) in [4.78, 5) is 24.4. The molecule has 0 aliphatic carbocycles. The first kappa shape index (κ1) is 11.6. The number of carbonyl (C=O) groups excluding carboxylic acids is 1. The first-order chi connectivity index (χ1) is 8.11. The highest BCUT2D eigenvalue weighted by molar-refractivity contribution is 5.97. The summed E-state index contributed by atoms with van der Waals surface area (Å²) >= 11 is 0. The van der Waals surface area contributed by atoms with Crippen LogP contribution in [0.25, 0.3) is 0 Å². The van der Waals surface area contributed by atoms with Gasteiger partial charge in [0.25, 0.3) is 5.91 Å². The molecule has 1 aliphatic heterocycles. The summed E-state index contributed by atoms with van der Waals surface area (Å²) in [6.07, 6.45) is 0.0987. The first-order valence-electron chi connectivity index (χ1n) is 5.27. The zero-order valence-corrected chi connectivity index (χ0v) is 9.42. The molecule has 0 bridgehead atoms. The van der Waals surface area contributed by atoms with Gasteiger partial charge in [-0.15, -0.1) is 0 Å². The largest absolute Gasteiger partial charge is 0.478 e. The Morgan fingerprint density at radius 2 is 2.00 bits per heavy atom. The molecule has 0 saturated carbocycles. The molecule has 0 aromatic heterocycles. The Bertz CT molecular complexity index is 452. The number of carbonyl (C=O) groups is 2. The van der Waals surface area contributed by atoms with E-state index in [0.29, 0.717) is 18.7 Å². The van der Waals surface area contributed by atoms with Crippen LogP contribution in [0.4, 0.5) is 0 Å². The molecule has 1 saturated heterocycles. The van der Waals surface area contributed by atoms with Gasteiger partial charge < -0.3 is 14.7 Å². The molecule has 5 nitrogen and oxygen atoms in total. The molecule has 1 amide bonds. The van der Waals surface area contributed by atoms with Crippen LogP contribution in [-0.4, -0.2) is 48.2 Å². The summed E-state index contributed by atoms with van der Waals surface area (Å²) in [6.45, 7) is 1.12. The van der Waals surface area contributed by atoms with Crippen molar-refractivity contribution in [3.05, 3.63) is 35.4 Å². The summed E-state index contributed by atoms with van der Waals surface area (Å²) in [7, 11) is 1.61. The van der Waals surface area contributed by atoms with Crippen molar-refractivity contribution < 1.29 is 19.4 Å². The van der Waals surface area contributed by atoms with Crippen LogP contribution in [0.2, 0.25) is 0 Å². The third-order valence-corrected chi connectivity index (χ3v) is 2.83. The minimum atomic E-state index is -1.03. The molecule has 0 unspecified atom stereocenters. The number of rotatable bonds is 3. The van der Waals surface area contributed by atoms with Gasteiger partial charge in [-0.2, -0.15) is 0 Å². The summed E-state index contributed by atoms with van der Waals surface area (Å²) < 4.78 is 5.08. The van der Waals surface area contributed by atoms with E-state index in [-0.39, 0.29) is 17.6 Å². The quantitative estimate of drug-likeness (QED) is 0.843. The number of methoxy groups -OCH3 is 1. The highest BCUT2D eigenvalue weighted by Gasteiger charge is 2.31. The van der Waals surface area contributed by atoms with E-state index in [1.54, 1.807) is 24.1 Å². The number of benzene rings is 1. The lowest BCUT2D eigenvalue weighted by Crippen LogP contribution is -2.54. The normalized spacial score (nSPS) is 15.5. The fourth-order valence-corrected chi connectivity index (χ4v) is 1.72. The molecule has 0 atom stereocenters. The molecule has 2 rings (SSSR count). The van der Waals surface area contributed by atoms with E-state index in [1.807, 2.05) is 0 Å². The molecule has 1 N–H and O–H groups in total. The van der Waals surface area contributed by atoms with Crippen molar-refractivity contribution in [2.75, 3.05) is 20.2 Å². The van der Waals surface area contributed by atoms with Crippen LogP contribution in [0.1, 0.15) is 20.7 Å². The average Bonchev–Trinajstić information content (AvgIpc) is 2.27. The van der Waals surface area contributed by atoms with Crippen LogP contribution < -0.4 is 0 Å². The zero-order valence-electron chi connectivity index (χ0n) is 9.42. The topological polar surface area (TPSA) is 66.8 Å². The summed E-state index contributed by atoms with van der Waals surface area (Å²) in [6, 6.07) is 6.05. The molecule has 1 aliphatic rings. The van der Waals surface area contributed by atoms with Crippen molar-refractivity contribution in [3.8, 4) is 0 Å². The van der Waals surface area contributed by atoms with Gasteiger partial charge in [-0.1, -0.05) is 6.07 Å². The summed E-state index contributed by atoms with van der Waals surface area (Å²) in [5.74, 6) is -1.18. The van der Waals surface area contributed by atoms with E-state index in [2.05, 4.69) is 0 Å². The van der Waals surface area contributed by atoms with Crippen molar-refractivity contribution in [2.24, 2.45) is 0 Å². The lowest BCUT2D eigenvalue weighted by molar-refractivity contribution is -0.0191. The Hall–Kier alpha value is -1.88. The molecular weight excluding hydrogens is 222 g/mol. The number of hydrogen-bond donors (Lipinski definition) is 1. The zero-order chi connectivity index (χ0) is 12.4. The third-order valence-electron chi connectivity index (χ3n) is 2.83. The van der Waals surface area contributed by atoms with Gasteiger partial charge in [0, 0.05) is 25.8 Å².